The Balaban J connectivity index is 1.82. The van der Waals surface area contributed by atoms with Gasteiger partial charge in [0.25, 0.3) is 0 Å². The average Bonchev–Trinajstić information content (AvgIpc) is 2.74. The van der Waals surface area contributed by atoms with Gasteiger partial charge in [-0.2, -0.15) is 0 Å². The van der Waals surface area contributed by atoms with Crippen LogP contribution in [0, 0.1) is 0 Å². The molecule has 0 atom stereocenters. The summed E-state index contributed by atoms with van der Waals surface area (Å²) in [6.45, 7) is 2.63. The number of morpholine rings is 1. The summed E-state index contributed by atoms with van der Waals surface area (Å²) in [6, 6.07) is 8.87. The molecule has 4 rings (SSSR count). The number of carbonyl (C=O) groups is 1. The summed E-state index contributed by atoms with van der Waals surface area (Å²) >= 11 is 0. The van der Waals surface area contributed by atoms with Crippen molar-refractivity contribution in [3.63, 3.8) is 0 Å². The largest absolute Gasteiger partial charge is 0.378 e. The third kappa shape index (κ3) is 3.74. The number of ether oxygens (including phenoxy) is 1. The Kier molecular flexibility index (Phi) is 4.81. The quantitative estimate of drug-likeness (QED) is 0.691. The molecule has 1 aromatic carbocycles. The first-order valence-corrected chi connectivity index (χ1v) is 8.80. The fraction of sp³-hybridized carbons (Fsp3) is 0.211. The normalized spacial score (nSPS) is 14.1. The molecule has 9 heteroatoms. The van der Waals surface area contributed by atoms with Crippen molar-refractivity contribution in [1.29, 1.82) is 0 Å². The van der Waals surface area contributed by atoms with Gasteiger partial charge in [0, 0.05) is 42.2 Å². The number of rotatable bonds is 4. The van der Waals surface area contributed by atoms with Crippen molar-refractivity contribution >= 4 is 17.8 Å². The topological polar surface area (TPSA) is 133 Å². The molecule has 0 spiro atoms. The third-order valence-corrected chi connectivity index (χ3v) is 4.42. The van der Waals surface area contributed by atoms with Gasteiger partial charge in [-0.3, -0.25) is 4.79 Å². The fourth-order valence-electron chi connectivity index (χ4n) is 2.94. The molecular formula is C19H19N7O2. The molecule has 1 fully saturated rings. The minimum atomic E-state index is -0.489. The van der Waals surface area contributed by atoms with Gasteiger partial charge in [0.2, 0.25) is 17.8 Å². The number of aromatic nitrogens is 4. The van der Waals surface area contributed by atoms with Crippen molar-refractivity contribution in [1.82, 2.24) is 19.9 Å². The van der Waals surface area contributed by atoms with E-state index in [1.165, 1.54) is 0 Å². The zero-order chi connectivity index (χ0) is 19.5. The van der Waals surface area contributed by atoms with Crippen LogP contribution in [0.3, 0.4) is 0 Å². The van der Waals surface area contributed by atoms with Crippen molar-refractivity contribution < 1.29 is 9.53 Å². The minimum Gasteiger partial charge on any atom is -0.378 e. The Hall–Kier alpha value is -3.59. The first kappa shape index (κ1) is 17.8. The van der Waals surface area contributed by atoms with Crippen LogP contribution in [0.1, 0.15) is 10.4 Å². The van der Waals surface area contributed by atoms with Gasteiger partial charge in [-0.25, -0.2) is 19.9 Å². The molecule has 9 nitrogen and oxygen atoms in total. The van der Waals surface area contributed by atoms with Gasteiger partial charge in [0.1, 0.15) is 0 Å². The highest BCUT2D eigenvalue weighted by molar-refractivity contribution is 5.94. The van der Waals surface area contributed by atoms with E-state index in [0.717, 1.165) is 11.1 Å². The smallest absolute Gasteiger partial charge is 0.248 e. The van der Waals surface area contributed by atoms with Crippen molar-refractivity contribution in [3.8, 4) is 22.5 Å². The molecule has 2 aromatic heterocycles. The number of nitrogens with zero attached hydrogens (tertiary/aromatic N) is 5. The Bertz CT molecular complexity index is 1000. The number of nitrogens with two attached hydrogens (primary N) is 2. The molecule has 0 aliphatic carbocycles. The van der Waals surface area contributed by atoms with Gasteiger partial charge >= 0.3 is 0 Å². The molecule has 1 aliphatic heterocycles. The standard InChI is InChI=1S/C19H19N7O2/c20-17(27)13-3-1-2-12(8-13)15-9-16(14-10-22-18(21)23-11-14)25-19(24-15)26-4-6-28-7-5-26/h1-3,8-11H,4-7H2,(H2,20,27)(H2,21,22,23). The van der Waals surface area contributed by atoms with Crippen LogP contribution in [0.15, 0.2) is 42.7 Å². The highest BCUT2D eigenvalue weighted by atomic mass is 16.5. The zero-order valence-electron chi connectivity index (χ0n) is 15.1. The highest BCUT2D eigenvalue weighted by Crippen LogP contribution is 2.27. The predicted molar refractivity (Wildman–Crippen MR) is 104 cm³/mol. The molecule has 1 aliphatic rings. The molecule has 0 unspecified atom stereocenters. The van der Waals surface area contributed by atoms with E-state index in [2.05, 4.69) is 19.9 Å². The van der Waals surface area contributed by atoms with Crippen LogP contribution in [0.5, 0.6) is 0 Å². The number of amides is 1. The zero-order valence-corrected chi connectivity index (χ0v) is 15.1. The molecular weight excluding hydrogens is 358 g/mol. The molecule has 0 bridgehead atoms. The average molecular weight is 377 g/mol. The molecule has 0 radical (unpaired) electrons. The summed E-state index contributed by atoms with van der Waals surface area (Å²) < 4.78 is 5.42. The van der Waals surface area contributed by atoms with E-state index in [1.807, 2.05) is 12.1 Å². The van der Waals surface area contributed by atoms with Crippen molar-refractivity contribution in [2.45, 2.75) is 0 Å². The monoisotopic (exact) mass is 377 g/mol. The number of hydrogen-bond donors (Lipinski definition) is 2. The van der Waals surface area contributed by atoms with Crippen molar-refractivity contribution in [2.24, 2.45) is 5.73 Å². The van der Waals surface area contributed by atoms with Gasteiger partial charge in [0.05, 0.1) is 24.6 Å². The maximum atomic E-state index is 11.6. The summed E-state index contributed by atoms with van der Waals surface area (Å²) in [5.41, 5.74) is 14.3. The maximum absolute atomic E-state index is 11.6. The Morgan fingerprint density at radius 1 is 1.00 bits per heavy atom. The molecule has 1 saturated heterocycles. The first-order chi connectivity index (χ1) is 13.6. The van der Waals surface area contributed by atoms with Gasteiger partial charge < -0.3 is 21.1 Å². The van der Waals surface area contributed by atoms with E-state index < -0.39 is 5.91 Å². The molecule has 142 valence electrons. The number of benzene rings is 1. The van der Waals surface area contributed by atoms with E-state index in [1.54, 1.807) is 30.6 Å². The van der Waals surface area contributed by atoms with Gasteiger partial charge in [-0.1, -0.05) is 12.1 Å². The lowest BCUT2D eigenvalue weighted by Gasteiger charge is -2.27. The summed E-state index contributed by atoms with van der Waals surface area (Å²) in [5.74, 6) is 0.286. The van der Waals surface area contributed by atoms with Gasteiger partial charge in [-0.15, -0.1) is 0 Å². The first-order valence-electron chi connectivity index (χ1n) is 8.80. The van der Waals surface area contributed by atoms with E-state index in [-0.39, 0.29) is 5.95 Å². The number of anilines is 2. The second kappa shape index (κ2) is 7.57. The van der Waals surface area contributed by atoms with Crippen LogP contribution in [-0.4, -0.2) is 52.1 Å². The molecule has 4 N–H and O–H groups in total. The minimum absolute atomic E-state index is 0.195. The van der Waals surface area contributed by atoms with E-state index >= 15 is 0 Å². The molecule has 0 saturated carbocycles. The SMILES string of the molecule is NC(=O)c1cccc(-c2cc(-c3cnc(N)nc3)nc(N3CCOCC3)n2)c1. The number of carbonyl (C=O) groups excluding carboxylic acids is 1. The number of primary amides is 1. The fourth-order valence-corrected chi connectivity index (χ4v) is 2.94. The van der Waals surface area contributed by atoms with Crippen LogP contribution >= 0.6 is 0 Å². The Labute approximate surface area is 161 Å². The number of nitrogen functional groups attached to an aromatic ring is 1. The lowest BCUT2D eigenvalue weighted by Crippen LogP contribution is -2.37. The van der Waals surface area contributed by atoms with Crippen LogP contribution in [0.4, 0.5) is 11.9 Å². The number of hydrogen-bond acceptors (Lipinski definition) is 8. The molecule has 1 amide bonds. The van der Waals surface area contributed by atoms with Gasteiger partial charge in [0.15, 0.2) is 0 Å². The summed E-state index contributed by atoms with van der Waals surface area (Å²) in [5, 5.41) is 0. The molecule has 28 heavy (non-hydrogen) atoms. The van der Waals surface area contributed by atoms with Gasteiger partial charge in [-0.05, 0) is 18.2 Å². The summed E-state index contributed by atoms with van der Waals surface area (Å²) in [6.07, 6.45) is 3.24. The van der Waals surface area contributed by atoms with Crippen LogP contribution in [0.25, 0.3) is 22.5 Å². The summed E-state index contributed by atoms with van der Waals surface area (Å²) in [7, 11) is 0. The Morgan fingerprint density at radius 3 is 2.36 bits per heavy atom. The highest BCUT2D eigenvalue weighted by Gasteiger charge is 2.17. The van der Waals surface area contributed by atoms with E-state index in [4.69, 9.17) is 21.2 Å². The lowest BCUT2D eigenvalue weighted by atomic mass is 10.1. The predicted octanol–water partition coefficient (Wildman–Crippen LogP) is 1.12. The second-order valence-electron chi connectivity index (χ2n) is 6.31. The van der Waals surface area contributed by atoms with E-state index in [0.29, 0.717) is 49.2 Å². The third-order valence-electron chi connectivity index (χ3n) is 4.42. The van der Waals surface area contributed by atoms with Crippen molar-refractivity contribution in [3.05, 3.63) is 48.3 Å². The van der Waals surface area contributed by atoms with Crippen LogP contribution < -0.4 is 16.4 Å². The molecule has 3 aromatic rings. The maximum Gasteiger partial charge on any atom is 0.248 e. The second-order valence-corrected chi connectivity index (χ2v) is 6.31. The summed E-state index contributed by atoms with van der Waals surface area (Å²) in [4.78, 5) is 31.1. The van der Waals surface area contributed by atoms with Crippen LogP contribution in [0.2, 0.25) is 0 Å². The van der Waals surface area contributed by atoms with Crippen LogP contribution in [-0.2, 0) is 4.74 Å². The van der Waals surface area contributed by atoms with Crippen molar-refractivity contribution in [2.75, 3.05) is 36.9 Å². The Morgan fingerprint density at radius 2 is 1.68 bits per heavy atom. The molecule has 3 heterocycles. The van der Waals surface area contributed by atoms with E-state index in [9.17, 15) is 4.79 Å². The lowest BCUT2D eigenvalue weighted by molar-refractivity contribution is 0.100.